The molecule has 17 heavy (non-hydrogen) atoms. The van der Waals surface area contributed by atoms with E-state index in [1.807, 2.05) is 24.1 Å². The zero-order valence-electron chi connectivity index (χ0n) is 10.3. The van der Waals surface area contributed by atoms with Crippen LogP contribution in [-0.4, -0.2) is 36.1 Å². The Morgan fingerprint density at radius 3 is 2.35 bits per heavy atom. The molecule has 0 saturated carbocycles. The van der Waals surface area contributed by atoms with Gasteiger partial charge < -0.3 is 4.90 Å². The lowest BCUT2D eigenvalue weighted by atomic mass is 10.2. The van der Waals surface area contributed by atoms with E-state index in [0.29, 0.717) is 0 Å². The van der Waals surface area contributed by atoms with Crippen molar-refractivity contribution in [3.8, 4) is 0 Å². The Labute approximate surface area is 102 Å². The standard InChI is InChI=1S/C13H19N3O/c1-15(12-6-8-14-9-7-12)13(17)16-10-4-2-3-5-11-16/h6-9H,2-5,10-11H2,1H3. The highest BCUT2D eigenvalue weighted by Crippen LogP contribution is 2.15. The van der Waals surface area contributed by atoms with E-state index in [1.54, 1.807) is 17.3 Å². The molecule has 92 valence electrons. The van der Waals surface area contributed by atoms with Gasteiger partial charge in [-0.05, 0) is 25.0 Å². The minimum atomic E-state index is 0.0955. The van der Waals surface area contributed by atoms with Gasteiger partial charge in [-0.2, -0.15) is 0 Å². The molecule has 1 fully saturated rings. The zero-order chi connectivity index (χ0) is 12.1. The fraction of sp³-hybridized carbons (Fsp3) is 0.538. The van der Waals surface area contributed by atoms with Crippen LogP contribution in [0.3, 0.4) is 0 Å². The second-order valence-electron chi connectivity index (χ2n) is 4.45. The molecule has 1 saturated heterocycles. The number of hydrogen-bond acceptors (Lipinski definition) is 2. The van der Waals surface area contributed by atoms with Crippen molar-refractivity contribution in [1.29, 1.82) is 0 Å². The minimum Gasteiger partial charge on any atom is -0.324 e. The van der Waals surface area contributed by atoms with Crippen molar-refractivity contribution < 1.29 is 4.79 Å². The first-order valence-electron chi connectivity index (χ1n) is 6.22. The Hall–Kier alpha value is -1.58. The summed E-state index contributed by atoms with van der Waals surface area (Å²) >= 11 is 0. The molecule has 0 bridgehead atoms. The van der Waals surface area contributed by atoms with Crippen molar-refractivity contribution >= 4 is 11.7 Å². The van der Waals surface area contributed by atoms with Crippen LogP contribution in [0.25, 0.3) is 0 Å². The zero-order valence-corrected chi connectivity index (χ0v) is 10.3. The van der Waals surface area contributed by atoms with Gasteiger partial charge in [0.15, 0.2) is 0 Å². The van der Waals surface area contributed by atoms with Crippen molar-refractivity contribution in [3.63, 3.8) is 0 Å². The molecule has 1 aliphatic heterocycles. The van der Waals surface area contributed by atoms with Crippen molar-refractivity contribution in [2.24, 2.45) is 0 Å². The molecule has 0 aromatic carbocycles. The van der Waals surface area contributed by atoms with Gasteiger partial charge in [0.05, 0.1) is 0 Å². The van der Waals surface area contributed by atoms with Crippen LogP contribution in [0.5, 0.6) is 0 Å². The maximum Gasteiger partial charge on any atom is 0.324 e. The first-order valence-corrected chi connectivity index (χ1v) is 6.22. The molecule has 4 nitrogen and oxygen atoms in total. The third kappa shape index (κ3) is 2.96. The average Bonchev–Trinajstić information content (AvgIpc) is 2.67. The molecule has 1 aromatic heterocycles. The average molecular weight is 233 g/mol. The largest absolute Gasteiger partial charge is 0.324 e. The van der Waals surface area contributed by atoms with Crippen molar-refractivity contribution in [2.75, 3.05) is 25.0 Å². The molecule has 1 aliphatic rings. The molecule has 2 amide bonds. The predicted octanol–water partition coefficient (Wildman–Crippen LogP) is 2.51. The van der Waals surface area contributed by atoms with E-state index >= 15 is 0 Å². The quantitative estimate of drug-likeness (QED) is 0.747. The van der Waals surface area contributed by atoms with E-state index in [1.165, 1.54) is 12.8 Å². The Bertz CT molecular complexity index is 358. The number of pyridine rings is 1. The maximum atomic E-state index is 12.3. The molecule has 0 N–H and O–H groups in total. The van der Waals surface area contributed by atoms with E-state index in [0.717, 1.165) is 31.6 Å². The number of rotatable bonds is 1. The van der Waals surface area contributed by atoms with E-state index in [4.69, 9.17) is 0 Å². The Morgan fingerprint density at radius 2 is 1.76 bits per heavy atom. The fourth-order valence-electron chi connectivity index (χ4n) is 2.15. The Kier molecular flexibility index (Phi) is 3.96. The molecule has 0 unspecified atom stereocenters. The summed E-state index contributed by atoms with van der Waals surface area (Å²) < 4.78 is 0. The maximum absolute atomic E-state index is 12.3. The summed E-state index contributed by atoms with van der Waals surface area (Å²) in [5.41, 5.74) is 0.897. The number of hydrogen-bond donors (Lipinski definition) is 0. The molecule has 0 atom stereocenters. The summed E-state index contributed by atoms with van der Waals surface area (Å²) in [5, 5.41) is 0. The van der Waals surface area contributed by atoms with Crippen LogP contribution >= 0.6 is 0 Å². The number of amides is 2. The molecule has 4 heteroatoms. The normalized spacial score (nSPS) is 16.4. The van der Waals surface area contributed by atoms with Crippen molar-refractivity contribution in [2.45, 2.75) is 25.7 Å². The molecular weight excluding hydrogens is 214 g/mol. The lowest BCUT2D eigenvalue weighted by molar-refractivity contribution is 0.208. The topological polar surface area (TPSA) is 36.4 Å². The number of aromatic nitrogens is 1. The van der Waals surface area contributed by atoms with Gasteiger partial charge in [-0.3, -0.25) is 9.88 Å². The third-order valence-electron chi connectivity index (χ3n) is 3.21. The highest BCUT2D eigenvalue weighted by molar-refractivity contribution is 5.91. The number of likely N-dealkylation sites (tertiary alicyclic amines) is 1. The SMILES string of the molecule is CN(C(=O)N1CCCCCC1)c1ccncc1. The number of anilines is 1. The highest BCUT2D eigenvalue weighted by Gasteiger charge is 2.19. The molecule has 0 spiro atoms. The van der Waals surface area contributed by atoms with Crippen molar-refractivity contribution in [3.05, 3.63) is 24.5 Å². The second-order valence-corrected chi connectivity index (χ2v) is 4.45. The van der Waals surface area contributed by atoms with Gasteiger partial charge in [-0.15, -0.1) is 0 Å². The second kappa shape index (κ2) is 5.66. The number of carbonyl (C=O) groups is 1. The van der Waals surface area contributed by atoms with Crippen LogP contribution in [0.1, 0.15) is 25.7 Å². The summed E-state index contributed by atoms with van der Waals surface area (Å²) in [6, 6.07) is 3.81. The minimum absolute atomic E-state index is 0.0955. The molecule has 0 radical (unpaired) electrons. The van der Waals surface area contributed by atoms with Crippen LogP contribution in [0.2, 0.25) is 0 Å². The number of nitrogens with zero attached hydrogens (tertiary/aromatic N) is 3. The van der Waals surface area contributed by atoms with Crippen LogP contribution in [0.4, 0.5) is 10.5 Å². The lowest BCUT2D eigenvalue weighted by Gasteiger charge is -2.27. The molecule has 2 heterocycles. The Morgan fingerprint density at radius 1 is 1.18 bits per heavy atom. The molecular formula is C13H19N3O. The Balaban J connectivity index is 2.03. The van der Waals surface area contributed by atoms with E-state index in [9.17, 15) is 4.79 Å². The molecule has 2 rings (SSSR count). The van der Waals surface area contributed by atoms with Gasteiger partial charge in [0.1, 0.15) is 0 Å². The van der Waals surface area contributed by atoms with Crippen molar-refractivity contribution in [1.82, 2.24) is 9.88 Å². The van der Waals surface area contributed by atoms with Gasteiger partial charge in [0.2, 0.25) is 0 Å². The van der Waals surface area contributed by atoms with Crippen LogP contribution in [0, 0.1) is 0 Å². The van der Waals surface area contributed by atoms with Crippen LogP contribution in [-0.2, 0) is 0 Å². The smallest absolute Gasteiger partial charge is 0.324 e. The first kappa shape index (κ1) is 11.9. The lowest BCUT2D eigenvalue weighted by Crippen LogP contribution is -2.41. The van der Waals surface area contributed by atoms with E-state index in [2.05, 4.69) is 4.98 Å². The van der Waals surface area contributed by atoms with E-state index < -0.39 is 0 Å². The van der Waals surface area contributed by atoms with E-state index in [-0.39, 0.29) is 6.03 Å². The van der Waals surface area contributed by atoms with Crippen LogP contribution < -0.4 is 4.90 Å². The number of carbonyl (C=O) groups excluding carboxylic acids is 1. The summed E-state index contributed by atoms with van der Waals surface area (Å²) in [4.78, 5) is 19.9. The molecule has 0 aliphatic carbocycles. The number of urea groups is 1. The summed E-state index contributed by atoms with van der Waals surface area (Å²) in [5.74, 6) is 0. The summed E-state index contributed by atoms with van der Waals surface area (Å²) in [6.45, 7) is 1.77. The van der Waals surface area contributed by atoms with Gasteiger partial charge in [-0.1, -0.05) is 12.8 Å². The first-order chi connectivity index (χ1) is 8.29. The van der Waals surface area contributed by atoms with Gasteiger partial charge in [0.25, 0.3) is 0 Å². The van der Waals surface area contributed by atoms with Gasteiger partial charge in [0, 0.05) is 38.2 Å². The summed E-state index contributed by atoms with van der Waals surface area (Å²) in [7, 11) is 1.82. The van der Waals surface area contributed by atoms with Crippen LogP contribution in [0.15, 0.2) is 24.5 Å². The van der Waals surface area contributed by atoms with Gasteiger partial charge >= 0.3 is 6.03 Å². The third-order valence-corrected chi connectivity index (χ3v) is 3.21. The predicted molar refractivity (Wildman–Crippen MR) is 68.1 cm³/mol. The monoisotopic (exact) mass is 233 g/mol. The fourth-order valence-corrected chi connectivity index (χ4v) is 2.15. The summed E-state index contributed by atoms with van der Waals surface area (Å²) in [6.07, 6.45) is 8.14. The van der Waals surface area contributed by atoms with Gasteiger partial charge in [-0.25, -0.2) is 4.79 Å². The molecule has 1 aromatic rings. The highest BCUT2D eigenvalue weighted by atomic mass is 16.2.